The van der Waals surface area contributed by atoms with Crippen LogP contribution in [0.1, 0.15) is 5.56 Å². The van der Waals surface area contributed by atoms with Crippen molar-refractivity contribution >= 4 is 24.0 Å². The van der Waals surface area contributed by atoms with Crippen molar-refractivity contribution < 1.29 is 0 Å². The van der Waals surface area contributed by atoms with Gasteiger partial charge in [0.2, 0.25) is 0 Å². The topological polar surface area (TPSA) is 0 Å². The molecule has 0 saturated heterocycles. The van der Waals surface area contributed by atoms with Gasteiger partial charge in [-0.05, 0) is 24.1 Å². The van der Waals surface area contributed by atoms with Crippen molar-refractivity contribution in [2.45, 2.75) is 6.42 Å². The molecule has 1 aliphatic carbocycles. The lowest BCUT2D eigenvalue weighted by atomic mass is 10.1. The van der Waals surface area contributed by atoms with E-state index in [4.69, 9.17) is 0 Å². The summed E-state index contributed by atoms with van der Waals surface area (Å²) in [6, 6.07) is 2.17. The molecule has 0 bridgehead atoms. The Hall–Kier alpha value is -0.820. The number of allylic oxidation sites excluding steroid dienone is 2. The Labute approximate surface area is 63.8 Å². The first kappa shape index (κ1) is 5.93. The predicted molar refractivity (Wildman–Crippen MR) is 46.4 cm³/mol. The highest BCUT2D eigenvalue weighted by Gasteiger charge is 1.97. The van der Waals surface area contributed by atoms with Gasteiger partial charge in [-0.3, -0.25) is 0 Å². The molecule has 0 radical (unpaired) electrons. The van der Waals surface area contributed by atoms with Crippen molar-refractivity contribution in [2.75, 3.05) is 0 Å². The molecule has 10 heavy (non-hydrogen) atoms. The molecular weight excluding hydrogens is 140 g/mol. The van der Waals surface area contributed by atoms with E-state index in [1.165, 1.54) is 14.6 Å². The molecule has 1 heteroatoms. The third-order valence-corrected chi connectivity index (χ3v) is 2.61. The van der Waals surface area contributed by atoms with Crippen LogP contribution in [0.5, 0.6) is 0 Å². The molecule has 50 valence electrons. The fourth-order valence-electron chi connectivity index (χ4n) is 1.15. The summed E-state index contributed by atoms with van der Waals surface area (Å²) < 4.78 is 2.55. The quantitative estimate of drug-likeness (QED) is 0.516. The van der Waals surface area contributed by atoms with Gasteiger partial charge in [0.05, 0.1) is 0 Å². The minimum atomic E-state index is 1.08. The second kappa shape index (κ2) is 2.10. The lowest BCUT2D eigenvalue weighted by molar-refractivity contribution is 1.26. The Morgan fingerprint density at radius 2 is 2.40 bits per heavy atom. The Morgan fingerprint density at radius 3 is 3.20 bits per heavy atom. The zero-order valence-electron chi connectivity index (χ0n) is 5.63. The first-order chi connectivity index (χ1) is 4.86. The minimum Gasteiger partial charge on any atom is -0.137 e. The van der Waals surface area contributed by atoms with Gasteiger partial charge in [0.1, 0.15) is 0 Å². The van der Waals surface area contributed by atoms with Crippen molar-refractivity contribution in [2.24, 2.45) is 0 Å². The summed E-state index contributed by atoms with van der Waals surface area (Å²) in [7, 11) is 0. The highest BCUT2D eigenvalue weighted by atomic mass is 32.1. The van der Waals surface area contributed by atoms with E-state index in [2.05, 4.69) is 30.9 Å². The van der Waals surface area contributed by atoms with Crippen molar-refractivity contribution in [3.63, 3.8) is 0 Å². The van der Waals surface area contributed by atoms with Gasteiger partial charge < -0.3 is 0 Å². The Bertz CT molecular complexity index is 368. The van der Waals surface area contributed by atoms with Crippen molar-refractivity contribution in [1.29, 1.82) is 0 Å². The van der Waals surface area contributed by atoms with Crippen LogP contribution >= 0.6 is 11.3 Å². The fourth-order valence-corrected chi connectivity index (χ4v) is 2.06. The lowest BCUT2D eigenvalue weighted by Crippen LogP contribution is -2.01. The van der Waals surface area contributed by atoms with Gasteiger partial charge in [-0.25, -0.2) is 0 Å². The van der Waals surface area contributed by atoms with Gasteiger partial charge in [0, 0.05) is 9.06 Å². The van der Waals surface area contributed by atoms with E-state index in [1.807, 2.05) is 0 Å². The van der Waals surface area contributed by atoms with Crippen molar-refractivity contribution in [3.05, 3.63) is 32.8 Å². The summed E-state index contributed by atoms with van der Waals surface area (Å²) in [5.41, 5.74) is 1.43. The summed E-state index contributed by atoms with van der Waals surface area (Å²) in [6.45, 7) is 3.90. The van der Waals surface area contributed by atoms with Crippen LogP contribution in [-0.2, 0) is 6.42 Å². The molecule has 0 atom stereocenters. The maximum absolute atomic E-state index is 3.90. The first-order valence-corrected chi connectivity index (χ1v) is 4.12. The van der Waals surface area contributed by atoms with E-state index < -0.39 is 0 Å². The van der Waals surface area contributed by atoms with E-state index in [1.54, 1.807) is 11.3 Å². The van der Waals surface area contributed by atoms with E-state index in [0.29, 0.717) is 0 Å². The van der Waals surface area contributed by atoms with Crippen LogP contribution in [0.3, 0.4) is 0 Å². The van der Waals surface area contributed by atoms with Crippen LogP contribution in [0.4, 0.5) is 0 Å². The number of thiophene rings is 1. The highest BCUT2D eigenvalue weighted by Crippen LogP contribution is 1.99. The summed E-state index contributed by atoms with van der Waals surface area (Å²) in [5, 5.41) is 0. The second-order valence-electron chi connectivity index (χ2n) is 2.40. The molecule has 0 nitrogen and oxygen atoms in total. The van der Waals surface area contributed by atoms with E-state index in [9.17, 15) is 0 Å². The molecule has 0 spiro atoms. The Morgan fingerprint density at radius 1 is 1.50 bits per heavy atom. The molecule has 0 N–H and O–H groups in total. The highest BCUT2D eigenvalue weighted by molar-refractivity contribution is 7.07. The van der Waals surface area contributed by atoms with Gasteiger partial charge in [0.15, 0.2) is 0 Å². The third kappa shape index (κ3) is 0.830. The van der Waals surface area contributed by atoms with E-state index in [-0.39, 0.29) is 0 Å². The van der Waals surface area contributed by atoms with Gasteiger partial charge >= 0.3 is 0 Å². The molecule has 0 unspecified atom stereocenters. The number of hydrogen-bond acceptors (Lipinski definition) is 1. The fraction of sp³-hybridized carbons (Fsp3) is 0.111. The molecule has 0 aromatic carbocycles. The number of fused-ring (bicyclic) bond motifs is 1. The molecule has 1 aromatic heterocycles. The monoisotopic (exact) mass is 148 g/mol. The molecular formula is C9H8S. The molecule has 0 amide bonds. The maximum atomic E-state index is 3.90. The molecule has 1 aromatic rings. The Balaban J connectivity index is 2.81. The van der Waals surface area contributed by atoms with Crippen molar-refractivity contribution in [3.8, 4) is 0 Å². The smallest absolute Gasteiger partial charge is 0.0311 e. The van der Waals surface area contributed by atoms with Gasteiger partial charge in [-0.1, -0.05) is 18.7 Å². The third-order valence-electron chi connectivity index (χ3n) is 1.61. The molecule has 0 aliphatic heterocycles. The van der Waals surface area contributed by atoms with Gasteiger partial charge in [-0.15, -0.1) is 11.3 Å². The largest absolute Gasteiger partial charge is 0.137 e. The van der Waals surface area contributed by atoms with Crippen molar-refractivity contribution in [1.82, 2.24) is 0 Å². The van der Waals surface area contributed by atoms with Crippen LogP contribution in [0.25, 0.3) is 12.7 Å². The van der Waals surface area contributed by atoms with E-state index >= 15 is 0 Å². The maximum Gasteiger partial charge on any atom is 0.0311 e. The zero-order valence-corrected chi connectivity index (χ0v) is 6.45. The molecule has 1 heterocycles. The van der Waals surface area contributed by atoms with Crippen LogP contribution in [-0.4, -0.2) is 0 Å². The minimum absolute atomic E-state index is 1.08. The van der Waals surface area contributed by atoms with E-state index in [0.717, 1.165) is 6.42 Å². The SMILES string of the molecule is C=c1cc2c(s1)=CC=CC2. The Kier molecular flexibility index (Phi) is 1.24. The number of rotatable bonds is 0. The first-order valence-electron chi connectivity index (χ1n) is 3.31. The normalized spacial score (nSPS) is 14.4. The zero-order chi connectivity index (χ0) is 6.97. The van der Waals surface area contributed by atoms with Crippen LogP contribution in [0.2, 0.25) is 0 Å². The molecule has 0 fully saturated rings. The summed E-state index contributed by atoms with van der Waals surface area (Å²) in [5.74, 6) is 0. The van der Waals surface area contributed by atoms with Gasteiger partial charge in [0.25, 0.3) is 0 Å². The molecule has 0 saturated carbocycles. The summed E-state index contributed by atoms with van der Waals surface area (Å²) in [4.78, 5) is 0. The standard InChI is InChI=1S/C9H8S/c1-7-6-8-4-2-3-5-9(8)10-7/h2-3,5-6H,1,4H2. The lowest BCUT2D eigenvalue weighted by Gasteiger charge is -1.92. The summed E-state index contributed by atoms with van der Waals surface area (Å²) in [6.07, 6.45) is 7.52. The van der Waals surface area contributed by atoms with Gasteiger partial charge in [-0.2, -0.15) is 0 Å². The molecule has 2 rings (SSSR count). The van der Waals surface area contributed by atoms with Crippen LogP contribution < -0.4 is 9.06 Å². The average molecular weight is 148 g/mol. The average Bonchev–Trinajstić information content (AvgIpc) is 2.27. The number of hydrogen-bond donors (Lipinski definition) is 0. The summed E-state index contributed by atoms with van der Waals surface area (Å²) >= 11 is 1.77. The second-order valence-corrected chi connectivity index (χ2v) is 3.57. The van der Waals surface area contributed by atoms with Crippen LogP contribution in [0, 0.1) is 0 Å². The van der Waals surface area contributed by atoms with Crippen LogP contribution in [0.15, 0.2) is 18.2 Å². The molecule has 1 aliphatic rings. The predicted octanol–water partition coefficient (Wildman–Crippen LogP) is 1.05.